The molecule has 1 aromatic heterocycles. The Morgan fingerprint density at radius 2 is 1.81 bits per heavy atom. The highest BCUT2D eigenvalue weighted by Gasteiger charge is 2.09. The molecule has 2 rings (SSSR count). The number of aryl methyl sites for hydroxylation is 2. The van der Waals surface area contributed by atoms with Crippen molar-refractivity contribution >= 4 is 0 Å². The molecule has 0 aliphatic rings. The van der Waals surface area contributed by atoms with Gasteiger partial charge in [0, 0.05) is 30.4 Å². The number of nitrogens with one attached hydrogen (secondary N) is 1. The highest BCUT2D eigenvalue weighted by atomic mass is 16.5. The summed E-state index contributed by atoms with van der Waals surface area (Å²) in [4.78, 5) is 4.52. The van der Waals surface area contributed by atoms with Gasteiger partial charge in [-0.25, -0.2) is 0 Å². The summed E-state index contributed by atoms with van der Waals surface area (Å²) in [6, 6.07) is 8.56. The monoisotopic (exact) mass is 284 g/mol. The van der Waals surface area contributed by atoms with Crippen molar-refractivity contribution in [1.29, 1.82) is 0 Å². The van der Waals surface area contributed by atoms with E-state index in [1.807, 2.05) is 13.1 Å². The first-order chi connectivity index (χ1) is 10.2. The highest BCUT2D eigenvalue weighted by Crippen LogP contribution is 2.23. The molecule has 2 aromatic rings. The lowest BCUT2D eigenvalue weighted by molar-refractivity contribution is 0.406. The molecule has 0 spiro atoms. The van der Waals surface area contributed by atoms with Crippen LogP contribution in [-0.4, -0.2) is 12.1 Å². The highest BCUT2D eigenvalue weighted by molar-refractivity contribution is 5.41. The maximum absolute atomic E-state index is 5.45. The average molecular weight is 284 g/mol. The Hall–Kier alpha value is -1.87. The molecule has 1 N–H and O–H groups in total. The quantitative estimate of drug-likeness (QED) is 0.880. The van der Waals surface area contributed by atoms with E-state index >= 15 is 0 Å². The van der Waals surface area contributed by atoms with Gasteiger partial charge < -0.3 is 10.1 Å². The largest absolute Gasteiger partial charge is 0.496 e. The number of pyridine rings is 1. The summed E-state index contributed by atoms with van der Waals surface area (Å²) in [6.45, 7) is 7.89. The van der Waals surface area contributed by atoms with Gasteiger partial charge in [-0.15, -0.1) is 0 Å². The summed E-state index contributed by atoms with van der Waals surface area (Å²) in [7, 11) is 1.71. The van der Waals surface area contributed by atoms with Crippen LogP contribution in [0.25, 0.3) is 0 Å². The fourth-order valence-electron chi connectivity index (χ4n) is 2.64. The number of methoxy groups -OCH3 is 1. The number of aromatic nitrogens is 1. The fraction of sp³-hybridized carbons (Fsp3) is 0.389. The van der Waals surface area contributed by atoms with Crippen LogP contribution >= 0.6 is 0 Å². The van der Waals surface area contributed by atoms with Crippen molar-refractivity contribution in [3.63, 3.8) is 0 Å². The standard InChI is InChI=1S/C18H24N2O/c1-5-15-8-6-7-9-16(15)11-19-12-17-14(3)18(21-4)13(2)10-20-17/h6-10,19H,5,11-12H2,1-4H3. The van der Waals surface area contributed by atoms with Gasteiger partial charge >= 0.3 is 0 Å². The van der Waals surface area contributed by atoms with E-state index in [2.05, 4.69) is 48.4 Å². The van der Waals surface area contributed by atoms with Crippen molar-refractivity contribution in [1.82, 2.24) is 10.3 Å². The van der Waals surface area contributed by atoms with E-state index in [0.717, 1.165) is 42.1 Å². The second kappa shape index (κ2) is 7.23. The van der Waals surface area contributed by atoms with E-state index in [1.54, 1.807) is 7.11 Å². The van der Waals surface area contributed by atoms with Gasteiger partial charge in [-0.1, -0.05) is 31.2 Å². The van der Waals surface area contributed by atoms with E-state index in [1.165, 1.54) is 11.1 Å². The Morgan fingerprint density at radius 1 is 1.10 bits per heavy atom. The summed E-state index contributed by atoms with van der Waals surface area (Å²) < 4.78 is 5.45. The molecule has 0 unspecified atom stereocenters. The van der Waals surface area contributed by atoms with Gasteiger partial charge in [0.05, 0.1) is 12.8 Å². The summed E-state index contributed by atoms with van der Waals surface area (Å²) in [5, 5.41) is 3.49. The van der Waals surface area contributed by atoms with Gasteiger partial charge in [-0.05, 0) is 31.4 Å². The minimum absolute atomic E-state index is 0.751. The van der Waals surface area contributed by atoms with Crippen molar-refractivity contribution in [2.75, 3.05) is 7.11 Å². The van der Waals surface area contributed by atoms with E-state index in [9.17, 15) is 0 Å². The predicted octanol–water partition coefficient (Wildman–Crippen LogP) is 3.56. The molecular formula is C18H24N2O. The molecule has 1 aromatic carbocycles. The Morgan fingerprint density at radius 3 is 2.48 bits per heavy atom. The van der Waals surface area contributed by atoms with Gasteiger partial charge in [0.15, 0.2) is 0 Å². The van der Waals surface area contributed by atoms with E-state index in [4.69, 9.17) is 4.74 Å². The fourth-order valence-corrected chi connectivity index (χ4v) is 2.64. The topological polar surface area (TPSA) is 34.2 Å². The molecule has 3 nitrogen and oxygen atoms in total. The number of ether oxygens (including phenoxy) is 1. The normalized spacial score (nSPS) is 10.7. The van der Waals surface area contributed by atoms with Crippen LogP contribution in [0.15, 0.2) is 30.5 Å². The molecule has 0 bridgehead atoms. The minimum atomic E-state index is 0.751. The molecule has 0 aliphatic heterocycles. The average Bonchev–Trinajstić information content (AvgIpc) is 2.50. The zero-order chi connectivity index (χ0) is 15.2. The predicted molar refractivity (Wildman–Crippen MR) is 86.6 cm³/mol. The molecule has 1 heterocycles. The first-order valence-electron chi connectivity index (χ1n) is 7.44. The molecule has 0 aliphatic carbocycles. The zero-order valence-electron chi connectivity index (χ0n) is 13.4. The van der Waals surface area contributed by atoms with Gasteiger partial charge in [0.1, 0.15) is 5.75 Å². The molecule has 21 heavy (non-hydrogen) atoms. The lowest BCUT2D eigenvalue weighted by Gasteiger charge is -2.13. The summed E-state index contributed by atoms with van der Waals surface area (Å²) >= 11 is 0. The molecule has 0 atom stereocenters. The molecular weight excluding hydrogens is 260 g/mol. The minimum Gasteiger partial charge on any atom is -0.496 e. The first kappa shape index (κ1) is 15.5. The summed E-state index contributed by atoms with van der Waals surface area (Å²) in [5.74, 6) is 0.941. The number of hydrogen-bond donors (Lipinski definition) is 1. The van der Waals surface area contributed by atoms with Crippen molar-refractivity contribution in [2.45, 2.75) is 40.3 Å². The Labute approximate surface area is 127 Å². The number of nitrogens with zero attached hydrogens (tertiary/aromatic N) is 1. The SMILES string of the molecule is CCc1ccccc1CNCc1ncc(C)c(OC)c1C. The van der Waals surface area contributed by atoms with Crippen LogP contribution in [0.3, 0.4) is 0 Å². The third-order valence-electron chi connectivity index (χ3n) is 3.86. The number of hydrogen-bond acceptors (Lipinski definition) is 3. The van der Waals surface area contributed by atoms with E-state index < -0.39 is 0 Å². The summed E-state index contributed by atoms with van der Waals surface area (Å²) in [6.07, 6.45) is 2.94. The Balaban J connectivity index is 2.04. The van der Waals surface area contributed by atoms with Gasteiger partial charge in [-0.3, -0.25) is 4.98 Å². The molecule has 0 amide bonds. The van der Waals surface area contributed by atoms with Gasteiger partial charge in [0.2, 0.25) is 0 Å². The number of benzene rings is 1. The molecule has 3 heteroatoms. The van der Waals surface area contributed by atoms with Gasteiger partial charge in [0.25, 0.3) is 0 Å². The van der Waals surface area contributed by atoms with Crippen LogP contribution in [0.4, 0.5) is 0 Å². The second-order valence-corrected chi connectivity index (χ2v) is 5.27. The number of rotatable bonds is 6. The lowest BCUT2D eigenvalue weighted by atomic mass is 10.1. The van der Waals surface area contributed by atoms with E-state index in [-0.39, 0.29) is 0 Å². The Bertz CT molecular complexity index is 608. The van der Waals surface area contributed by atoms with Crippen LogP contribution in [0.2, 0.25) is 0 Å². The van der Waals surface area contributed by atoms with Crippen LogP contribution in [0, 0.1) is 13.8 Å². The van der Waals surface area contributed by atoms with E-state index in [0.29, 0.717) is 0 Å². The summed E-state index contributed by atoms with van der Waals surface area (Å²) in [5.41, 5.74) is 6.00. The first-order valence-corrected chi connectivity index (χ1v) is 7.44. The van der Waals surface area contributed by atoms with Crippen molar-refractivity contribution < 1.29 is 4.74 Å². The van der Waals surface area contributed by atoms with Gasteiger partial charge in [-0.2, -0.15) is 0 Å². The van der Waals surface area contributed by atoms with Crippen molar-refractivity contribution in [3.05, 3.63) is 58.4 Å². The van der Waals surface area contributed by atoms with Crippen LogP contribution in [0.5, 0.6) is 5.75 Å². The Kier molecular flexibility index (Phi) is 5.34. The zero-order valence-corrected chi connectivity index (χ0v) is 13.4. The lowest BCUT2D eigenvalue weighted by Crippen LogP contribution is -2.16. The van der Waals surface area contributed by atoms with Crippen molar-refractivity contribution in [2.24, 2.45) is 0 Å². The molecule has 0 fully saturated rings. The van der Waals surface area contributed by atoms with Crippen LogP contribution < -0.4 is 10.1 Å². The maximum atomic E-state index is 5.45. The third kappa shape index (κ3) is 3.61. The second-order valence-electron chi connectivity index (χ2n) is 5.27. The molecule has 0 radical (unpaired) electrons. The molecule has 0 saturated heterocycles. The van der Waals surface area contributed by atoms with Crippen LogP contribution in [0.1, 0.15) is 34.9 Å². The van der Waals surface area contributed by atoms with Crippen molar-refractivity contribution in [3.8, 4) is 5.75 Å². The smallest absolute Gasteiger partial charge is 0.128 e. The third-order valence-corrected chi connectivity index (χ3v) is 3.86. The molecule has 0 saturated carbocycles. The maximum Gasteiger partial charge on any atom is 0.128 e. The van der Waals surface area contributed by atoms with Crippen LogP contribution in [-0.2, 0) is 19.5 Å². The molecule has 112 valence electrons.